The van der Waals surface area contributed by atoms with Crippen molar-refractivity contribution in [2.24, 2.45) is 5.92 Å². The molecule has 1 N–H and O–H groups in total. The van der Waals surface area contributed by atoms with Gasteiger partial charge in [0.1, 0.15) is 5.54 Å². The van der Waals surface area contributed by atoms with Crippen molar-refractivity contribution >= 4 is 46.1 Å². The lowest BCUT2D eigenvalue weighted by molar-refractivity contribution is -0.134. The molecule has 0 saturated carbocycles. The normalized spacial score (nSPS) is 29.5. The number of nitrogens with one attached hydrogen (secondary N) is 1. The summed E-state index contributed by atoms with van der Waals surface area (Å²) in [7, 11) is 0. The Bertz CT molecular complexity index is 1170. The quantitative estimate of drug-likeness (QED) is 0.613. The van der Waals surface area contributed by atoms with E-state index in [0.717, 1.165) is 40.4 Å². The topological polar surface area (TPSA) is 75.2 Å². The Morgan fingerprint density at radius 2 is 2.03 bits per heavy atom. The monoisotopic (exact) mass is 448 g/mol. The van der Waals surface area contributed by atoms with Gasteiger partial charge in [0, 0.05) is 45.4 Å². The number of aromatic nitrogens is 2. The molecule has 0 unspecified atom stereocenters. The van der Waals surface area contributed by atoms with Crippen LogP contribution in [0.15, 0.2) is 53.8 Å². The van der Waals surface area contributed by atoms with Crippen molar-refractivity contribution in [2.45, 2.75) is 30.3 Å². The van der Waals surface area contributed by atoms with Crippen molar-refractivity contribution in [3.63, 3.8) is 0 Å². The highest BCUT2D eigenvalue weighted by molar-refractivity contribution is 7.10. The first-order valence-corrected chi connectivity index (χ1v) is 12.1. The third-order valence-corrected chi connectivity index (χ3v) is 8.48. The molecule has 1 spiro atoms. The summed E-state index contributed by atoms with van der Waals surface area (Å²) in [6.07, 6.45) is 9.08. The molecule has 3 aliphatic heterocycles. The van der Waals surface area contributed by atoms with Crippen LogP contribution in [-0.4, -0.2) is 39.1 Å². The number of benzene rings is 1. The van der Waals surface area contributed by atoms with E-state index in [4.69, 9.17) is 0 Å². The van der Waals surface area contributed by atoms with Crippen molar-refractivity contribution in [3.05, 3.63) is 69.1 Å². The highest BCUT2D eigenvalue weighted by Gasteiger charge is 2.69. The number of hydrogen-bond donors (Lipinski definition) is 1. The van der Waals surface area contributed by atoms with Gasteiger partial charge in [0.15, 0.2) is 5.78 Å². The Balaban J connectivity index is 1.55. The molecule has 8 heteroatoms. The zero-order chi connectivity index (χ0) is 21.0. The lowest BCUT2D eigenvalue weighted by atomic mass is 9.71. The van der Waals surface area contributed by atoms with Gasteiger partial charge in [-0.1, -0.05) is 18.2 Å². The van der Waals surface area contributed by atoms with Gasteiger partial charge in [-0.3, -0.25) is 24.5 Å². The average Bonchev–Trinajstić information content (AvgIpc) is 3.58. The summed E-state index contributed by atoms with van der Waals surface area (Å²) < 4.78 is 0. The third-order valence-electron chi connectivity index (χ3n) is 6.86. The van der Waals surface area contributed by atoms with Crippen LogP contribution in [0.3, 0.4) is 0 Å². The number of allylic oxidation sites excluding steroid dienone is 1. The number of carbonyl (C=O) groups is 2. The number of thiazole rings is 2. The summed E-state index contributed by atoms with van der Waals surface area (Å²) >= 11 is 3.06. The number of rotatable bonds is 4. The second-order valence-corrected chi connectivity index (χ2v) is 10.1. The van der Waals surface area contributed by atoms with Crippen LogP contribution in [0.2, 0.25) is 0 Å². The first-order chi connectivity index (χ1) is 15.2. The molecule has 1 aromatic carbocycles. The van der Waals surface area contributed by atoms with Crippen LogP contribution in [0, 0.1) is 5.92 Å². The Labute approximate surface area is 187 Å². The maximum Gasteiger partial charge on any atom is 0.250 e. The molecule has 0 bridgehead atoms. The number of anilines is 1. The Morgan fingerprint density at radius 3 is 2.84 bits per heavy atom. The van der Waals surface area contributed by atoms with Crippen molar-refractivity contribution in [3.8, 4) is 0 Å². The fourth-order valence-corrected chi connectivity index (χ4v) is 7.15. The molecular weight excluding hydrogens is 428 g/mol. The van der Waals surface area contributed by atoms with Gasteiger partial charge < -0.3 is 5.32 Å². The number of amides is 1. The van der Waals surface area contributed by atoms with Gasteiger partial charge in [-0.05, 0) is 37.6 Å². The van der Waals surface area contributed by atoms with Gasteiger partial charge in [-0.15, -0.1) is 22.7 Å². The van der Waals surface area contributed by atoms with Crippen LogP contribution in [0.25, 0.3) is 6.08 Å². The maximum absolute atomic E-state index is 13.9. The molecular formula is C23H20N4O2S2. The molecule has 2 saturated heterocycles. The molecule has 31 heavy (non-hydrogen) atoms. The van der Waals surface area contributed by atoms with Gasteiger partial charge in [0.2, 0.25) is 5.91 Å². The molecule has 0 aliphatic carbocycles. The lowest BCUT2D eigenvalue weighted by Gasteiger charge is -2.36. The number of fused-ring (bicyclic) bond motifs is 4. The fourth-order valence-electron chi connectivity index (χ4n) is 5.83. The lowest BCUT2D eigenvalue weighted by Crippen LogP contribution is -2.52. The van der Waals surface area contributed by atoms with Gasteiger partial charge in [-0.2, -0.15) is 0 Å². The number of nitrogens with zero attached hydrogens (tertiary/aromatic N) is 3. The second kappa shape index (κ2) is 7.19. The third kappa shape index (κ3) is 2.65. The highest BCUT2D eigenvalue weighted by atomic mass is 32.1. The van der Waals surface area contributed by atoms with Gasteiger partial charge in [-0.25, -0.2) is 0 Å². The smallest absolute Gasteiger partial charge is 0.250 e. The van der Waals surface area contributed by atoms with E-state index in [1.165, 1.54) is 11.3 Å². The van der Waals surface area contributed by atoms with Crippen molar-refractivity contribution < 1.29 is 9.59 Å². The van der Waals surface area contributed by atoms with E-state index in [9.17, 15) is 9.59 Å². The summed E-state index contributed by atoms with van der Waals surface area (Å²) in [5, 5.41) is 3.09. The zero-order valence-corrected chi connectivity index (χ0v) is 18.2. The van der Waals surface area contributed by atoms with E-state index < -0.39 is 11.5 Å². The molecule has 5 heterocycles. The summed E-state index contributed by atoms with van der Waals surface area (Å²) in [4.78, 5) is 40.3. The molecule has 4 atom stereocenters. The summed E-state index contributed by atoms with van der Waals surface area (Å²) in [5.41, 5.74) is 4.31. The Morgan fingerprint density at radius 1 is 1.19 bits per heavy atom. The van der Waals surface area contributed by atoms with Crippen LogP contribution < -0.4 is 5.32 Å². The van der Waals surface area contributed by atoms with E-state index in [0.29, 0.717) is 0 Å². The van der Waals surface area contributed by atoms with E-state index in [2.05, 4.69) is 20.2 Å². The number of hydrogen-bond acceptors (Lipinski definition) is 7. The molecule has 2 aromatic heterocycles. The van der Waals surface area contributed by atoms with Crippen LogP contribution in [-0.2, 0) is 15.1 Å². The molecule has 2 fully saturated rings. The SMILES string of the molecule is O=C(/C=C/c1cncs1)[C@H]1[C@H](c2cncs2)[C@H]2CCCN2[C@]12C(=O)Nc1ccccc12. The van der Waals surface area contributed by atoms with Gasteiger partial charge >= 0.3 is 0 Å². The average molecular weight is 449 g/mol. The van der Waals surface area contributed by atoms with Crippen LogP contribution in [0.4, 0.5) is 5.69 Å². The second-order valence-electron chi connectivity index (χ2n) is 8.22. The minimum atomic E-state index is -0.985. The number of para-hydroxylation sites is 1. The minimum absolute atomic E-state index is 0.0203. The van der Waals surface area contributed by atoms with Crippen molar-refractivity contribution in [1.29, 1.82) is 0 Å². The standard InChI is InChI=1S/C23H20N4O2S2/c28-18(8-7-14-10-24-12-30-14)21-20(19-11-25-13-31-19)17-6-3-9-27(17)23(21)15-4-1-2-5-16(15)26-22(23)29/h1-2,4-5,7-8,10-13,17,20-21H,3,6,9H2,(H,26,29)/b8-7+/t17-,20+,21+,23+/m1/s1. The number of carbonyl (C=O) groups excluding carboxylic acids is 2. The van der Waals surface area contributed by atoms with E-state index in [1.54, 1.807) is 29.1 Å². The fraction of sp³-hybridized carbons (Fsp3) is 0.304. The van der Waals surface area contributed by atoms with Crippen LogP contribution in [0.1, 0.15) is 34.1 Å². The zero-order valence-electron chi connectivity index (χ0n) is 16.6. The first-order valence-electron chi connectivity index (χ1n) is 10.4. The molecule has 1 amide bonds. The molecule has 0 radical (unpaired) electrons. The van der Waals surface area contributed by atoms with Gasteiger partial charge in [0.25, 0.3) is 0 Å². The first kappa shape index (κ1) is 19.0. The Kier molecular flexibility index (Phi) is 4.41. The molecule has 3 aromatic rings. The molecule has 3 aliphatic rings. The largest absolute Gasteiger partial charge is 0.324 e. The maximum atomic E-state index is 13.9. The van der Waals surface area contributed by atoms with E-state index >= 15 is 0 Å². The summed E-state index contributed by atoms with van der Waals surface area (Å²) in [5.74, 6) is -0.679. The predicted octanol–water partition coefficient (Wildman–Crippen LogP) is 3.91. The van der Waals surface area contributed by atoms with Crippen LogP contribution >= 0.6 is 22.7 Å². The summed E-state index contributed by atoms with van der Waals surface area (Å²) in [6, 6.07) is 7.96. The van der Waals surface area contributed by atoms with E-state index in [-0.39, 0.29) is 23.7 Å². The highest BCUT2D eigenvalue weighted by Crippen LogP contribution is 2.61. The van der Waals surface area contributed by atoms with E-state index in [1.807, 2.05) is 42.0 Å². The molecule has 156 valence electrons. The Hall–Kier alpha value is -2.68. The van der Waals surface area contributed by atoms with Crippen LogP contribution in [0.5, 0.6) is 0 Å². The predicted molar refractivity (Wildman–Crippen MR) is 121 cm³/mol. The van der Waals surface area contributed by atoms with Crippen molar-refractivity contribution in [2.75, 3.05) is 11.9 Å². The number of ketones is 1. The minimum Gasteiger partial charge on any atom is -0.324 e. The summed E-state index contributed by atoms with van der Waals surface area (Å²) in [6.45, 7) is 0.810. The molecule has 6 nitrogen and oxygen atoms in total. The van der Waals surface area contributed by atoms with Gasteiger partial charge in [0.05, 0.1) is 16.9 Å². The molecule has 6 rings (SSSR count). The van der Waals surface area contributed by atoms with Crippen molar-refractivity contribution in [1.82, 2.24) is 14.9 Å².